The molecule has 6 heteroatoms. The second-order valence-corrected chi connectivity index (χ2v) is 6.64. The number of aromatic nitrogens is 2. The minimum atomic E-state index is -0.0929. The molecule has 2 aromatic carbocycles. The van der Waals surface area contributed by atoms with Gasteiger partial charge in [-0.1, -0.05) is 36.4 Å². The molecule has 2 amide bonds. The van der Waals surface area contributed by atoms with E-state index in [0.717, 1.165) is 33.9 Å². The standard InChI is InChI=1S/C24H22N4O2/c1-17(29)27-21-9-3-19(4-10-21)7-13-23-15-26-24(16-25-23)14-8-20-5-11-22(12-6-20)28-18(2)30/h3-16H,1-2H3,(H,27,29)(H,28,30)/b13-7+,14-8+. The second-order valence-electron chi connectivity index (χ2n) is 6.64. The van der Waals surface area contributed by atoms with Gasteiger partial charge in [0.2, 0.25) is 11.8 Å². The Balaban J connectivity index is 1.59. The highest BCUT2D eigenvalue weighted by atomic mass is 16.2. The fourth-order valence-corrected chi connectivity index (χ4v) is 2.65. The van der Waals surface area contributed by atoms with Gasteiger partial charge in [-0.25, -0.2) is 0 Å². The van der Waals surface area contributed by atoms with E-state index in [9.17, 15) is 9.59 Å². The summed E-state index contributed by atoms with van der Waals surface area (Å²) in [6.07, 6.45) is 11.1. The molecule has 0 aliphatic carbocycles. The number of rotatable bonds is 6. The fraction of sp³-hybridized carbons (Fsp3) is 0.0833. The SMILES string of the molecule is CC(=O)Nc1ccc(/C=C/c2cnc(/C=C/c3ccc(NC(C)=O)cc3)cn2)cc1. The molecule has 2 N–H and O–H groups in total. The van der Waals surface area contributed by atoms with Crippen LogP contribution in [0.1, 0.15) is 36.4 Å². The largest absolute Gasteiger partial charge is 0.326 e. The van der Waals surface area contributed by atoms with Gasteiger partial charge in [-0.2, -0.15) is 0 Å². The summed E-state index contributed by atoms with van der Waals surface area (Å²) in [4.78, 5) is 30.9. The maximum absolute atomic E-state index is 11.1. The summed E-state index contributed by atoms with van der Waals surface area (Å²) < 4.78 is 0. The van der Waals surface area contributed by atoms with Crippen molar-refractivity contribution in [2.75, 3.05) is 10.6 Å². The van der Waals surface area contributed by atoms with Crippen LogP contribution in [-0.4, -0.2) is 21.8 Å². The zero-order valence-electron chi connectivity index (χ0n) is 16.8. The summed E-state index contributed by atoms with van der Waals surface area (Å²) in [6.45, 7) is 2.96. The van der Waals surface area contributed by atoms with E-state index in [2.05, 4.69) is 20.6 Å². The van der Waals surface area contributed by atoms with Gasteiger partial charge in [0.1, 0.15) is 0 Å². The van der Waals surface area contributed by atoms with Crippen molar-refractivity contribution in [2.24, 2.45) is 0 Å². The van der Waals surface area contributed by atoms with E-state index in [4.69, 9.17) is 0 Å². The van der Waals surface area contributed by atoms with Crippen LogP contribution in [0.15, 0.2) is 60.9 Å². The van der Waals surface area contributed by atoms with E-state index < -0.39 is 0 Å². The smallest absolute Gasteiger partial charge is 0.221 e. The van der Waals surface area contributed by atoms with Gasteiger partial charge in [0.25, 0.3) is 0 Å². The number of nitrogens with zero attached hydrogens (tertiary/aromatic N) is 2. The highest BCUT2D eigenvalue weighted by Gasteiger charge is 1.97. The molecule has 150 valence electrons. The number of anilines is 2. The molecular weight excluding hydrogens is 376 g/mol. The molecule has 3 rings (SSSR count). The lowest BCUT2D eigenvalue weighted by atomic mass is 10.1. The first-order valence-corrected chi connectivity index (χ1v) is 9.41. The van der Waals surface area contributed by atoms with Crippen molar-refractivity contribution in [3.05, 3.63) is 83.4 Å². The van der Waals surface area contributed by atoms with Crippen molar-refractivity contribution in [1.29, 1.82) is 0 Å². The first kappa shape index (κ1) is 20.7. The van der Waals surface area contributed by atoms with Gasteiger partial charge in [0, 0.05) is 25.2 Å². The summed E-state index contributed by atoms with van der Waals surface area (Å²) in [5.41, 5.74) is 5.02. The molecule has 0 bridgehead atoms. The molecule has 3 aromatic rings. The normalized spacial score (nSPS) is 11.0. The molecule has 0 aliphatic heterocycles. The maximum Gasteiger partial charge on any atom is 0.221 e. The van der Waals surface area contributed by atoms with Crippen LogP contribution in [0.4, 0.5) is 11.4 Å². The first-order chi connectivity index (χ1) is 14.5. The first-order valence-electron chi connectivity index (χ1n) is 9.41. The van der Waals surface area contributed by atoms with Crippen molar-refractivity contribution in [3.8, 4) is 0 Å². The quantitative estimate of drug-likeness (QED) is 0.628. The summed E-state index contributed by atoms with van der Waals surface area (Å²) in [5.74, 6) is -0.186. The van der Waals surface area contributed by atoms with Gasteiger partial charge >= 0.3 is 0 Å². The van der Waals surface area contributed by atoms with E-state index in [1.807, 2.05) is 72.8 Å². The molecule has 0 unspecified atom stereocenters. The van der Waals surface area contributed by atoms with Crippen molar-refractivity contribution in [1.82, 2.24) is 9.97 Å². The summed E-state index contributed by atoms with van der Waals surface area (Å²) in [5, 5.41) is 5.47. The third-order valence-electron chi connectivity index (χ3n) is 4.05. The Labute approximate surface area is 175 Å². The van der Waals surface area contributed by atoms with Gasteiger partial charge in [0.15, 0.2) is 0 Å². The third-order valence-corrected chi connectivity index (χ3v) is 4.05. The second kappa shape index (κ2) is 9.93. The van der Waals surface area contributed by atoms with Gasteiger partial charge in [-0.05, 0) is 47.5 Å². The van der Waals surface area contributed by atoms with Crippen LogP contribution in [-0.2, 0) is 9.59 Å². The van der Waals surface area contributed by atoms with E-state index in [1.54, 1.807) is 12.4 Å². The van der Waals surface area contributed by atoms with Crippen LogP contribution in [0, 0.1) is 0 Å². The Bertz CT molecular complexity index is 979. The summed E-state index contributed by atoms with van der Waals surface area (Å²) >= 11 is 0. The van der Waals surface area contributed by atoms with Crippen molar-refractivity contribution in [2.45, 2.75) is 13.8 Å². The van der Waals surface area contributed by atoms with Crippen LogP contribution < -0.4 is 10.6 Å². The third kappa shape index (κ3) is 6.53. The number of hydrogen-bond acceptors (Lipinski definition) is 4. The Hall–Kier alpha value is -4.06. The maximum atomic E-state index is 11.1. The highest BCUT2D eigenvalue weighted by molar-refractivity contribution is 5.89. The molecule has 0 fully saturated rings. The zero-order chi connectivity index (χ0) is 21.3. The number of hydrogen-bond donors (Lipinski definition) is 2. The van der Waals surface area contributed by atoms with E-state index >= 15 is 0 Å². The molecule has 30 heavy (non-hydrogen) atoms. The molecule has 1 aromatic heterocycles. The van der Waals surface area contributed by atoms with Crippen LogP contribution in [0.25, 0.3) is 24.3 Å². The number of benzene rings is 2. The van der Waals surface area contributed by atoms with Gasteiger partial charge < -0.3 is 10.6 Å². The predicted molar refractivity (Wildman–Crippen MR) is 121 cm³/mol. The van der Waals surface area contributed by atoms with Crippen LogP contribution in [0.2, 0.25) is 0 Å². The van der Waals surface area contributed by atoms with Crippen LogP contribution in [0.3, 0.4) is 0 Å². The number of carbonyl (C=O) groups excluding carboxylic acids is 2. The van der Waals surface area contributed by atoms with E-state index in [-0.39, 0.29) is 11.8 Å². The zero-order valence-corrected chi connectivity index (χ0v) is 16.8. The highest BCUT2D eigenvalue weighted by Crippen LogP contribution is 2.14. The molecule has 0 saturated heterocycles. The Morgan fingerprint density at radius 3 is 1.30 bits per heavy atom. The van der Waals surface area contributed by atoms with E-state index in [1.165, 1.54) is 13.8 Å². The van der Waals surface area contributed by atoms with Crippen molar-refractivity contribution < 1.29 is 9.59 Å². The van der Waals surface area contributed by atoms with Crippen molar-refractivity contribution >= 4 is 47.5 Å². The van der Waals surface area contributed by atoms with Crippen LogP contribution in [0.5, 0.6) is 0 Å². The average molecular weight is 398 g/mol. The summed E-state index contributed by atoms with van der Waals surface area (Å²) in [6, 6.07) is 15.1. The minimum absolute atomic E-state index is 0.0929. The Morgan fingerprint density at radius 2 is 1.00 bits per heavy atom. The average Bonchev–Trinajstić information content (AvgIpc) is 2.73. The lowest BCUT2D eigenvalue weighted by molar-refractivity contribution is -0.115. The molecule has 6 nitrogen and oxygen atoms in total. The molecule has 0 spiro atoms. The lowest BCUT2D eigenvalue weighted by Crippen LogP contribution is -2.05. The van der Waals surface area contributed by atoms with Crippen molar-refractivity contribution in [3.63, 3.8) is 0 Å². The number of carbonyl (C=O) groups is 2. The van der Waals surface area contributed by atoms with Gasteiger partial charge in [0.05, 0.1) is 23.8 Å². The minimum Gasteiger partial charge on any atom is -0.326 e. The molecule has 0 aliphatic rings. The topological polar surface area (TPSA) is 84.0 Å². The van der Waals surface area contributed by atoms with E-state index in [0.29, 0.717) is 0 Å². The summed E-state index contributed by atoms with van der Waals surface area (Å²) in [7, 11) is 0. The monoisotopic (exact) mass is 398 g/mol. The lowest BCUT2D eigenvalue weighted by Gasteiger charge is -2.02. The van der Waals surface area contributed by atoms with Crippen LogP contribution >= 0.6 is 0 Å². The number of amides is 2. The molecule has 0 saturated carbocycles. The predicted octanol–water partition coefficient (Wildman–Crippen LogP) is 4.73. The molecule has 1 heterocycles. The molecule has 0 radical (unpaired) electrons. The molecular formula is C24H22N4O2. The van der Waals surface area contributed by atoms with Gasteiger partial charge in [-0.3, -0.25) is 19.6 Å². The Kier molecular flexibility index (Phi) is 6.84. The number of nitrogens with one attached hydrogen (secondary N) is 2. The fourth-order valence-electron chi connectivity index (χ4n) is 2.65. The van der Waals surface area contributed by atoms with Gasteiger partial charge in [-0.15, -0.1) is 0 Å². The molecule has 0 atom stereocenters. The Morgan fingerprint density at radius 1 is 0.633 bits per heavy atom.